The van der Waals surface area contributed by atoms with Crippen LogP contribution in [0.2, 0.25) is 0 Å². The van der Waals surface area contributed by atoms with Gasteiger partial charge in [0.15, 0.2) is 0 Å². The number of carbonyl (C=O) groups excluding carboxylic acids is 1. The van der Waals surface area contributed by atoms with E-state index in [1.54, 1.807) is 4.90 Å². The molecule has 1 fully saturated rings. The maximum Gasteiger partial charge on any atom is 0.231 e. The van der Waals surface area contributed by atoms with Crippen molar-refractivity contribution in [2.45, 2.75) is 19.3 Å². The fraction of sp³-hybridized carbons (Fsp3) is 0.467. The molecule has 0 aromatic heterocycles. The van der Waals surface area contributed by atoms with E-state index < -0.39 is 0 Å². The van der Waals surface area contributed by atoms with E-state index in [9.17, 15) is 4.79 Å². The molecule has 1 heterocycles. The fourth-order valence-corrected chi connectivity index (χ4v) is 2.70. The highest BCUT2D eigenvalue weighted by atomic mass is 16.2. The summed E-state index contributed by atoms with van der Waals surface area (Å²) >= 11 is 0. The molecule has 1 aromatic rings. The van der Waals surface area contributed by atoms with Crippen molar-refractivity contribution in [2.75, 3.05) is 30.4 Å². The third kappa shape index (κ3) is 1.95. The molecule has 19 heavy (non-hydrogen) atoms. The number of nitrogens with zero attached hydrogens (tertiary/aromatic N) is 3. The smallest absolute Gasteiger partial charge is 0.231 e. The van der Waals surface area contributed by atoms with Gasteiger partial charge >= 0.3 is 0 Å². The van der Waals surface area contributed by atoms with Crippen LogP contribution in [0.4, 0.5) is 11.4 Å². The Balaban J connectivity index is 1.82. The summed E-state index contributed by atoms with van der Waals surface area (Å²) in [7, 11) is 3.83. The van der Waals surface area contributed by atoms with Crippen LogP contribution in [0.1, 0.15) is 18.4 Å². The van der Waals surface area contributed by atoms with Gasteiger partial charge in [0.25, 0.3) is 0 Å². The van der Waals surface area contributed by atoms with Crippen LogP contribution in [0.25, 0.3) is 0 Å². The van der Waals surface area contributed by atoms with Crippen LogP contribution in [0, 0.1) is 16.7 Å². The van der Waals surface area contributed by atoms with Crippen LogP contribution in [0.15, 0.2) is 18.2 Å². The number of hydrogen-bond donors (Lipinski definition) is 0. The number of nitriles is 1. The van der Waals surface area contributed by atoms with Crippen LogP contribution in [-0.4, -0.2) is 26.5 Å². The monoisotopic (exact) mass is 255 g/mol. The van der Waals surface area contributed by atoms with E-state index in [2.05, 4.69) is 17.0 Å². The normalized spacial score (nSPS) is 19.0. The molecule has 98 valence electrons. The number of carbonyl (C=O) groups is 1. The first-order valence-corrected chi connectivity index (χ1v) is 6.57. The molecule has 0 bridgehead atoms. The molecule has 0 atom stereocenters. The fourth-order valence-electron chi connectivity index (χ4n) is 2.70. The van der Waals surface area contributed by atoms with Gasteiger partial charge in [-0.15, -0.1) is 0 Å². The minimum atomic E-state index is -0.139. The number of anilines is 2. The number of hydrogen-bond acceptors (Lipinski definition) is 3. The molecule has 1 aliphatic carbocycles. The van der Waals surface area contributed by atoms with Crippen molar-refractivity contribution in [3.8, 4) is 6.07 Å². The predicted octanol–water partition coefficient (Wildman–Crippen LogP) is 1.95. The topological polar surface area (TPSA) is 47.3 Å². The van der Waals surface area contributed by atoms with Gasteiger partial charge in [0, 0.05) is 32.0 Å². The Kier molecular flexibility index (Phi) is 2.53. The standard InChI is InChI=1S/C15H17N3O/c1-17(10-15(9-16)5-6-15)12-3-4-13-11(7-12)8-14(19)18(13)2/h3-4,7H,5-6,8,10H2,1-2H3. The lowest BCUT2D eigenvalue weighted by atomic mass is 10.1. The zero-order valence-corrected chi connectivity index (χ0v) is 11.3. The molecule has 2 aliphatic rings. The summed E-state index contributed by atoms with van der Waals surface area (Å²) in [5, 5.41) is 9.15. The van der Waals surface area contributed by atoms with Crippen molar-refractivity contribution in [3.63, 3.8) is 0 Å². The van der Waals surface area contributed by atoms with E-state index in [4.69, 9.17) is 5.26 Å². The Morgan fingerprint density at radius 3 is 2.84 bits per heavy atom. The molecule has 1 saturated carbocycles. The third-order valence-corrected chi connectivity index (χ3v) is 4.21. The van der Waals surface area contributed by atoms with E-state index in [0.29, 0.717) is 6.42 Å². The van der Waals surface area contributed by atoms with Crippen molar-refractivity contribution in [1.82, 2.24) is 0 Å². The van der Waals surface area contributed by atoms with Crippen LogP contribution >= 0.6 is 0 Å². The Hall–Kier alpha value is -2.02. The van der Waals surface area contributed by atoms with Gasteiger partial charge in [-0.2, -0.15) is 5.26 Å². The van der Waals surface area contributed by atoms with Crippen molar-refractivity contribution in [2.24, 2.45) is 5.41 Å². The van der Waals surface area contributed by atoms with Crippen molar-refractivity contribution < 1.29 is 4.79 Å². The van der Waals surface area contributed by atoms with Gasteiger partial charge < -0.3 is 9.80 Å². The van der Waals surface area contributed by atoms with Crippen LogP contribution in [-0.2, 0) is 11.2 Å². The quantitative estimate of drug-likeness (QED) is 0.829. The maximum atomic E-state index is 11.7. The molecule has 0 radical (unpaired) electrons. The highest BCUT2D eigenvalue weighted by Gasteiger charge is 2.44. The first-order valence-electron chi connectivity index (χ1n) is 6.57. The van der Waals surface area contributed by atoms with Gasteiger partial charge in [-0.3, -0.25) is 4.79 Å². The van der Waals surface area contributed by atoms with E-state index in [-0.39, 0.29) is 11.3 Å². The Bertz CT molecular complexity index is 584. The van der Waals surface area contributed by atoms with E-state index in [1.165, 1.54) is 0 Å². The third-order valence-electron chi connectivity index (χ3n) is 4.21. The predicted molar refractivity (Wildman–Crippen MR) is 74.1 cm³/mol. The SMILES string of the molecule is CN(CC1(C#N)CC1)c1ccc2c(c1)CC(=O)N2C. The van der Waals surface area contributed by atoms with Gasteiger partial charge in [0.05, 0.1) is 17.9 Å². The number of benzene rings is 1. The highest BCUT2D eigenvalue weighted by molar-refractivity contribution is 6.01. The summed E-state index contributed by atoms with van der Waals surface area (Å²) < 4.78 is 0. The largest absolute Gasteiger partial charge is 0.373 e. The number of rotatable bonds is 3. The Morgan fingerprint density at radius 2 is 2.21 bits per heavy atom. The number of amides is 1. The van der Waals surface area contributed by atoms with Crippen molar-refractivity contribution in [3.05, 3.63) is 23.8 Å². The minimum absolute atomic E-state index is 0.139. The second-order valence-corrected chi connectivity index (χ2v) is 5.69. The zero-order chi connectivity index (χ0) is 13.6. The average Bonchev–Trinajstić information content (AvgIpc) is 3.12. The van der Waals surface area contributed by atoms with Gasteiger partial charge in [-0.25, -0.2) is 0 Å². The minimum Gasteiger partial charge on any atom is -0.373 e. The molecule has 0 N–H and O–H groups in total. The van der Waals surface area contributed by atoms with Crippen LogP contribution in [0.5, 0.6) is 0 Å². The molecular weight excluding hydrogens is 238 g/mol. The zero-order valence-electron chi connectivity index (χ0n) is 11.3. The maximum absolute atomic E-state index is 11.7. The van der Waals surface area contributed by atoms with Gasteiger partial charge in [-0.05, 0) is 36.6 Å². The Morgan fingerprint density at radius 1 is 1.47 bits per heavy atom. The molecule has 0 spiro atoms. The average molecular weight is 255 g/mol. The van der Waals surface area contributed by atoms with Gasteiger partial charge in [0.2, 0.25) is 5.91 Å². The van der Waals surface area contributed by atoms with Crippen LogP contribution in [0.3, 0.4) is 0 Å². The van der Waals surface area contributed by atoms with Crippen molar-refractivity contribution >= 4 is 17.3 Å². The first-order chi connectivity index (χ1) is 9.04. The lowest BCUT2D eigenvalue weighted by molar-refractivity contribution is -0.117. The summed E-state index contributed by atoms with van der Waals surface area (Å²) in [5.41, 5.74) is 3.03. The highest BCUT2D eigenvalue weighted by Crippen LogP contribution is 2.46. The van der Waals surface area contributed by atoms with E-state index in [1.807, 2.05) is 26.2 Å². The number of likely N-dealkylation sites (N-methyl/N-ethyl adjacent to an activating group) is 1. The molecule has 1 aromatic carbocycles. The first kappa shape index (κ1) is 12.0. The molecule has 0 saturated heterocycles. The van der Waals surface area contributed by atoms with Gasteiger partial charge in [0.1, 0.15) is 0 Å². The molecule has 4 nitrogen and oxygen atoms in total. The molecule has 1 amide bonds. The number of fused-ring (bicyclic) bond motifs is 1. The van der Waals surface area contributed by atoms with E-state index in [0.717, 1.165) is 36.3 Å². The molecule has 3 rings (SSSR count). The molecule has 1 aliphatic heterocycles. The lowest BCUT2D eigenvalue weighted by Gasteiger charge is -2.22. The summed E-state index contributed by atoms with van der Waals surface area (Å²) in [6.07, 6.45) is 2.48. The second kappa shape index (κ2) is 3.99. The lowest BCUT2D eigenvalue weighted by Crippen LogP contribution is -2.25. The second-order valence-electron chi connectivity index (χ2n) is 5.69. The summed E-state index contributed by atoms with van der Waals surface area (Å²) in [6, 6.07) is 8.52. The van der Waals surface area contributed by atoms with Gasteiger partial charge in [-0.1, -0.05) is 0 Å². The van der Waals surface area contributed by atoms with Crippen LogP contribution < -0.4 is 9.80 Å². The summed E-state index contributed by atoms with van der Waals surface area (Å²) in [4.78, 5) is 15.5. The summed E-state index contributed by atoms with van der Waals surface area (Å²) in [5.74, 6) is 0.144. The Labute approximate surface area is 113 Å². The molecular formula is C15H17N3O. The molecule has 0 unspecified atom stereocenters. The van der Waals surface area contributed by atoms with Crippen molar-refractivity contribution in [1.29, 1.82) is 5.26 Å². The summed E-state index contributed by atoms with van der Waals surface area (Å²) in [6.45, 7) is 0.770. The molecule has 4 heteroatoms. The van der Waals surface area contributed by atoms with E-state index >= 15 is 0 Å².